The quantitative estimate of drug-likeness (QED) is 0.627. The van der Waals surface area contributed by atoms with E-state index in [1.54, 1.807) is 11.7 Å². The van der Waals surface area contributed by atoms with Crippen LogP contribution in [0.25, 0.3) is 0 Å². The highest BCUT2D eigenvalue weighted by atomic mass is 16.5. The van der Waals surface area contributed by atoms with Crippen LogP contribution in [-0.4, -0.2) is 50.0 Å². The molecule has 0 saturated carbocycles. The number of aromatic nitrogens is 4. The van der Waals surface area contributed by atoms with Crippen molar-refractivity contribution in [2.24, 2.45) is 0 Å². The monoisotopic (exact) mass is 421 g/mol. The maximum Gasteiger partial charge on any atom is 0.346 e. The number of fused-ring (bicyclic) bond motifs is 1. The first-order valence-electron chi connectivity index (χ1n) is 10.6. The van der Waals surface area contributed by atoms with Crippen LogP contribution in [0.2, 0.25) is 0 Å². The zero-order valence-electron chi connectivity index (χ0n) is 18.0. The Labute approximate surface area is 181 Å². The van der Waals surface area contributed by atoms with Crippen LogP contribution in [0.3, 0.4) is 0 Å². The minimum absolute atomic E-state index is 0.0905. The van der Waals surface area contributed by atoms with E-state index in [1.807, 2.05) is 37.3 Å². The lowest BCUT2D eigenvalue weighted by atomic mass is 10.0. The number of rotatable bonds is 5. The molecule has 2 aromatic heterocycles. The molecule has 0 bridgehead atoms. The second kappa shape index (κ2) is 7.94. The van der Waals surface area contributed by atoms with Crippen molar-refractivity contribution in [1.29, 1.82) is 0 Å². The van der Waals surface area contributed by atoms with Crippen LogP contribution in [0.15, 0.2) is 47.3 Å². The van der Waals surface area contributed by atoms with Gasteiger partial charge < -0.3 is 9.47 Å². The largest absolute Gasteiger partial charge is 0.497 e. The van der Waals surface area contributed by atoms with Crippen LogP contribution in [0, 0.1) is 6.92 Å². The van der Waals surface area contributed by atoms with Crippen molar-refractivity contribution < 1.29 is 9.47 Å². The van der Waals surface area contributed by atoms with E-state index in [0.717, 1.165) is 43.2 Å². The first-order valence-corrected chi connectivity index (χ1v) is 10.6. The standard InChI is InChI=1S/C23H27N5O3/c1-17-5-3-7-19(24-17)13-28-22(29)27-16-23(31-14-21(27)25-28)9-10-26(15-23)12-18-6-4-8-20(11-18)30-2/h3-8,11H,9-10,12-16H2,1-2H3. The molecule has 2 aliphatic rings. The summed E-state index contributed by atoms with van der Waals surface area (Å²) in [6.45, 7) is 5.77. The number of aryl methyl sites for hydroxylation is 1. The van der Waals surface area contributed by atoms with E-state index < -0.39 is 0 Å². The van der Waals surface area contributed by atoms with E-state index in [2.05, 4.69) is 27.1 Å². The van der Waals surface area contributed by atoms with E-state index in [-0.39, 0.29) is 11.3 Å². The summed E-state index contributed by atoms with van der Waals surface area (Å²) in [6, 6.07) is 14.0. The first-order chi connectivity index (χ1) is 15.0. The molecule has 4 heterocycles. The highest BCUT2D eigenvalue weighted by Gasteiger charge is 2.43. The highest BCUT2D eigenvalue weighted by Crippen LogP contribution is 2.32. The maximum atomic E-state index is 13.0. The predicted molar refractivity (Wildman–Crippen MR) is 115 cm³/mol. The third-order valence-corrected chi connectivity index (χ3v) is 6.15. The van der Waals surface area contributed by atoms with Gasteiger partial charge in [0.1, 0.15) is 18.0 Å². The summed E-state index contributed by atoms with van der Waals surface area (Å²) in [4.78, 5) is 19.9. The van der Waals surface area contributed by atoms with Gasteiger partial charge >= 0.3 is 5.69 Å². The van der Waals surface area contributed by atoms with E-state index in [9.17, 15) is 4.79 Å². The van der Waals surface area contributed by atoms with Crippen LogP contribution in [0.4, 0.5) is 0 Å². The fourth-order valence-electron chi connectivity index (χ4n) is 4.59. The number of nitrogens with zero attached hydrogens (tertiary/aromatic N) is 5. The van der Waals surface area contributed by atoms with Gasteiger partial charge in [0.25, 0.3) is 0 Å². The Kier molecular flexibility index (Phi) is 5.11. The van der Waals surface area contributed by atoms with Gasteiger partial charge in [0.05, 0.1) is 25.9 Å². The minimum atomic E-state index is -0.342. The number of likely N-dealkylation sites (tertiary alicyclic amines) is 1. The van der Waals surface area contributed by atoms with Crippen LogP contribution in [0.1, 0.15) is 29.2 Å². The van der Waals surface area contributed by atoms with E-state index in [4.69, 9.17) is 9.47 Å². The van der Waals surface area contributed by atoms with Gasteiger partial charge in [-0.3, -0.25) is 14.5 Å². The molecule has 162 valence electrons. The SMILES string of the molecule is COc1cccc(CN2CCC3(C2)Cn2c(nn(Cc4cccc(C)n4)c2=O)CO3)c1. The van der Waals surface area contributed by atoms with E-state index >= 15 is 0 Å². The Hall–Kier alpha value is -2.97. The molecule has 2 aliphatic heterocycles. The summed E-state index contributed by atoms with van der Waals surface area (Å²) in [5, 5.41) is 4.51. The molecule has 5 rings (SSSR count). The highest BCUT2D eigenvalue weighted by molar-refractivity contribution is 5.28. The van der Waals surface area contributed by atoms with Crippen molar-refractivity contribution in [1.82, 2.24) is 24.2 Å². The van der Waals surface area contributed by atoms with Crippen molar-refractivity contribution in [2.75, 3.05) is 20.2 Å². The zero-order valence-corrected chi connectivity index (χ0v) is 18.0. The Morgan fingerprint density at radius 2 is 2.03 bits per heavy atom. The summed E-state index contributed by atoms with van der Waals surface area (Å²) in [7, 11) is 1.68. The third kappa shape index (κ3) is 4.00. The molecule has 1 aromatic carbocycles. The first kappa shape index (κ1) is 20.0. The van der Waals surface area contributed by atoms with Gasteiger partial charge in [-0.25, -0.2) is 9.48 Å². The number of hydrogen-bond acceptors (Lipinski definition) is 6. The number of methoxy groups -OCH3 is 1. The second-order valence-electron chi connectivity index (χ2n) is 8.50. The maximum absolute atomic E-state index is 13.0. The van der Waals surface area contributed by atoms with E-state index in [1.165, 1.54) is 10.2 Å². The Morgan fingerprint density at radius 3 is 2.87 bits per heavy atom. The van der Waals surface area contributed by atoms with Gasteiger partial charge in [-0.05, 0) is 43.2 Å². The smallest absolute Gasteiger partial charge is 0.346 e. The summed E-state index contributed by atoms with van der Waals surface area (Å²) in [5.41, 5.74) is 2.54. The van der Waals surface area contributed by atoms with Crippen LogP contribution < -0.4 is 10.4 Å². The molecule has 8 nitrogen and oxygen atoms in total. The molecule has 8 heteroatoms. The molecule has 1 atom stereocenters. The van der Waals surface area contributed by atoms with Gasteiger partial charge in [-0.1, -0.05) is 18.2 Å². The average molecular weight is 422 g/mol. The fourth-order valence-corrected chi connectivity index (χ4v) is 4.59. The van der Waals surface area contributed by atoms with Crippen LogP contribution >= 0.6 is 0 Å². The molecular weight excluding hydrogens is 394 g/mol. The van der Waals surface area contributed by atoms with Gasteiger partial charge in [0.2, 0.25) is 0 Å². The lowest BCUT2D eigenvalue weighted by Crippen LogP contribution is -2.46. The average Bonchev–Trinajstić information content (AvgIpc) is 3.29. The molecule has 3 aromatic rings. The Balaban J connectivity index is 1.30. The topological polar surface area (TPSA) is 74.4 Å². The zero-order chi connectivity index (χ0) is 21.4. The molecule has 1 spiro atoms. The van der Waals surface area contributed by atoms with E-state index in [0.29, 0.717) is 25.5 Å². The summed E-state index contributed by atoms with van der Waals surface area (Å²) >= 11 is 0. The van der Waals surface area contributed by atoms with Gasteiger partial charge in [0, 0.05) is 25.3 Å². The lowest BCUT2D eigenvalue weighted by Gasteiger charge is -2.33. The molecule has 1 fully saturated rings. The number of hydrogen-bond donors (Lipinski definition) is 0. The van der Waals surface area contributed by atoms with Crippen molar-refractivity contribution in [3.8, 4) is 5.75 Å². The van der Waals surface area contributed by atoms with Crippen LogP contribution in [0.5, 0.6) is 5.75 Å². The minimum Gasteiger partial charge on any atom is -0.497 e. The third-order valence-electron chi connectivity index (χ3n) is 6.15. The van der Waals surface area contributed by atoms with Crippen LogP contribution in [-0.2, 0) is 31.0 Å². The summed E-state index contributed by atoms with van der Waals surface area (Å²) in [6.07, 6.45) is 0.896. The molecule has 0 N–H and O–H groups in total. The Morgan fingerprint density at radius 1 is 1.16 bits per heavy atom. The molecule has 1 unspecified atom stereocenters. The second-order valence-corrected chi connectivity index (χ2v) is 8.50. The van der Waals surface area contributed by atoms with Crippen molar-refractivity contribution >= 4 is 0 Å². The normalized spacial score (nSPS) is 20.8. The molecule has 1 saturated heterocycles. The molecule has 0 radical (unpaired) electrons. The van der Waals surface area contributed by atoms with Gasteiger partial charge in [-0.2, -0.15) is 5.10 Å². The number of benzene rings is 1. The number of ether oxygens (including phenoxy) is 2. The van der Waals surface area contributed by atoms with Crippen molar-refractivity contribution in [3.63, 3.8) is 0 Å². The Bertz CT molecular complexity index is 1150. The lowest BCUT2D eigenvalue weighted by molar-refractivity contribution is -0.0832. The number of pyridine rings is 1. The molecule has 0 amide bonds. The van der Waals surface area contributed by atoms with Gasteiger partial charge in [0.15, 0.2) is 5.82 Å². The molecule has 0 aliphatic carbocycles. The van der Waals surface area contributed by atoms with Crippen molar-refractivity contribution in [2.45, 2.75) is 45.2 Å². The summed E-state index contributed by atoms with van der Waals surface area (Å²) < 4.78 is 14.9. The van der Waals surface area contributed by atoms with Crippen molar-refractivity contribution in [3.05, 3.63) is 75.7 Å². The fraction of sp³-hybridized carbons (Fsp3) is 0.435. The van der Waals surface area contributed by atoms with Gasteiger partial charge in [-0.15, -0.1) is 0 Å². The molecule has 31 heavy (non-hydrogen) atoms. The summed E-state index contributed by atoms with van der Waals surface area (Å²) in [5.74, 6) is 1.56. The molecular formula is C23H27N5O3. The predicted octanol–water partition coefficient (Wildman–Crippen LogP) is 1.98.